The first-order valence-electron chi connectivity index (χ1n) is 7.31. The van der Waals surface area contributed by atoms with Crippen LogP contribution in [-0.2, 0) is 14.9 Å². The number of nitrogens with zero attached hydrogens (tertiary/aromatic N) is 1. The molecule has 114 valence electrons. The molecule has 0 atom stereocenters. The molecule has 4 heteroatoms. The highest BCUT2D eigenvalue weighted by Crippen LogP contribution is 2.21. The van der Waals surface area contributed by atoms with Gasteiger partial charge in [0, 0.05) is 26.5 Å². The normalized spacial score (nSPS) is 11.6. The third-order valence-electron chi connectivity index (χ3n) is 3.08. The molecule has 0 amide bonds. The fourth-order valence-corrected chi connectivity index (χ4v) is 1.73. The number of rotatable bonds is 9. The number of unbranched alkanes of at least 4 members (excludes halogenated alkanes) is 1. The van der Waals surface area contributed by atoms with Crippen LogP contribution in [0.2, 0.25) is 0 Å². The number of aromatic nitrogens is 1. The maximum Gasteiger partial charge on any atom is 0.125 e. The zero-order valence-corrected chi connectivity index (χ0v) is 13.2. The van der Waals surface area contributed by atoms with E-state index in [1.807, 2.05) is 6.20 Å². The van der Waals surface area contributed by atoms with E-state index in [-0.39, 0.29) is 5.41 Å². The number of hydrogen-bond acceptors (Lipinski definition) is 4. The monoisotopic (exact) mass is 280 g/mol. The lowest BCUT2D eigenvalue weighted by Gasteiger charge is -2.18. The standard InChI is InChI=1S/C16H28N2O2/c1-16(2,3)14-7-8-15(18-13-14)17-9-5-6-10-20-12-11-19-4/h7-8,13H,5-6,9-12H2,1-4H3,(H,17,18). The van der Waals surface area contributed by atoms with Gasteiger partial charge in [0.15, 0.2) is 0 Å². The van der Waals surface area contributed by atoms with Gasteiger partial charge in [0.25, 0.3) is 0 Å². The summed E-state index contributed by atoms with van der Waals surface area (Å²) >= 11 is 0. The molecule has 0 unspecified atom stereocenters. The SMILES string of the molecule is COCCOCCCCNc1ccc(C(C)(C)C)cn1. The van der Waals surface area contributed by atoms with E-state index < -0.39 is 0 Å². The molecule has 0 aromatic carbocycles. The first-order chi connectivity index (χ1) is 9.54. The molecule has 0 spiro atoms. The summed E-state index contributed by atoms with van der Waals surface area (Å²) in [6.45, 7) is 9.65. The first kappa shape index (κ1) is 16.9. The second kappa shape index (κ2) is 8.93. The van der Waals surface area contributed by atoms with Gasteiger partial charge < -0.3 is 14.8 Å². The van der Waals surface area contributed by atoms with E-state index in [2.05, 4.69) is 43.2 Å². The summed E-state index contributed by atoms with van der Waals surface area (Å²) in [5, 5.41) is 3.33. The van der Waals surface area contributed by atoms with Gasteiger partial charge in [-0.1, -0.05) is 26.8 Å². The van der Waals surface area contributed by atoms with Crippen molar-refractivity contribution in [1.82, 2.24) is 4.98 Å². The van der Waals surface area contributed by atoms with Crippen LogP contribution >= 0.6 is 0 Å². The Balaban J connectivity index is 2.13. The molecule has 0 fully saturated rings. The summed E-state index contributed by atoms with van der Waals surface area (Å²) in [5.74, 6) is 0.943. The van der Waals surface area contributed by atoms with Crippen molar-refractivity contribution < 1.29 is 9.47 Å². The number of anilines is 1. The second-order valence-electron chi connectivity index (χ2n) is 5.92. The van der Waals surface area contributed by atoms with Crippen LogP contribution < -0.4 is 5.32 Å². The maximum atomic E-state index is 5.41. The fraction of sp³-hybridized carbons (Fsp3) is 0.688. The Morgan fingerprint density at radius 3 is 2.50 bits per heavy atom. The maximum absolute atomic E-state index is 5.41. The number of pyridine rings is 1. The van der Waals surface area contributed by atoms with E-state index >= 15 is 0 Å². The number of methoxy groups -OCH3 is 1. The molecule has 1 heterocycles. The first-order valence-corrected chi connectivity index (χ1v) is 7.31. The van der Waals surface area contributed by atoms with Gasteiger partial charge in [0.05, 0.1) is 13.2 Å². The third-order valence-corrected chi connectivity index (χ3v) is 3.08. The van der Waals surface area contributed by atoms with E-state index in [1.54, 1.807) is 7.11 Å². The molecule has 0 saturated carbocycles. The lowest BCUT2D eigenvalue weighted by molar-refractivity contribution is 0.0691. The lowest BCUT2D eigenvalue weighted by Crippen LogP contribution is -2.12. The van der Waals surface area contributed by atoms with Crippen LogP contribution in [0.4, 0.5) is 5.82 Å². The van der Waals surface area contributed by atoms with Crippen LogP contribution in [0.15, 0.2) is 18.3 Å². The Morgan fingerprint density at radius 1 is 1.10 bits per heavy atom. The Labute approximate surface area is 122 Å². The quantitative estimate of drug-likeness (QED) is 0.705. The van der Waals surface area contributed by atoms with Gasteiger partial charge in [0.2, 0.25) is 0 Å². The predicted molar refractivity (Wildman–Crippen MR) is 83.4 cm³/mol. The Kier molecular flexibility index (Phi) is 7.55. The van der Waals surface area contributed by atoms with Crippen molar-refractivity contribution in [3.05, 3.63) is 23.9 Å². The van der Waals surface area contributed by atoms with Gasteiger partial charge in [-0.2, -0.15) is 0 Å². The van der Waals surface area contributed by atoms with E-state index in [0.29, 0.717) is 13.2 Å². The molecule has 0 aliphatic carbocycles. The molecular weight excluding hydrogens is 252 g/mol. The molecule has 1 N–H and O–H groups in total. The minimum Gasteiger partial charge on any atom is -0.382 e. The van der Waals surface area contributed by atoms with Gasteiger partial charge >= 0.3 is 0 Å². The molecule has 1 rings (SSSR count). The largest absolute Gasteiger partial charge is 0.382 e. The van der Waals surface area contributed by atoms with Crippen molar-refractivity contribution in [3.63, 3.8) is 0 Å². The number of nitrogens with one attached hydrogen (secondary N) is 1. The summed E-state index contributed by atoms with van der Waals surface area (Å²) in [6.07, 6.45) is 4.09. The molecule has 0 bridgehead atoms. The van der Waals surface area contributed by atoms with Crippen molar-refractivity contribution in [1.29, 1.82) is 0 Å². The van der Waals surface area contributed by atoms with Gasteiger partial charge in [-0.05, 0) is 29.9 Å². The van der Waals surface area contributed by atoms with E-state index in [9.17, 15) is 0 Å². The molecular formula is C16H28N2O2. The van der Waals surface area contributed by atoms with Crippen LogP contribution in [-0.4, -0.2) is 38.5 Å². The van der Waals surface area contributed by atoms with Crippen molar-refractivity contribution in [2.45, 2.75) is 39.0 Å². The minimum absolute atomic E-state index is 0.158. The number of hydrogen-bond donors (Lipinski definition) is 1. The van der Waals surface area contributed by atoms with Crippen molar-refractivity contribution >= 4 is 5.82 Å². The average Bonchev–Trinajstić information content (AvgIpc) is 2.41. The van der Waals surface area contributed by atoms with Crippen LogP contribution in [0.3, 0.4) is 0 Å². The molecule has 1 aromatic heterocycles. The molecule has 20 heavy (non-hydrogen) atoms. The van der Waals surface area contributed by atoms with Crippen LogP contribution in [0.25, 0.3) is 0 Å². The smallest absolute Gasteiger partial charge is 0.125 e. The third kappa shape index (κ3) is 6.87. The van der Waals surface area contributed by atoms with E-state index in [1.165, 1.54) is 5.56 Å². The van der Waals surface area contributed by atoms with Gasteiger partial charge in [0.1, 0.15) is 5.82 Å². The van der Waals surface area contributed by atoms with Crippen molar-refractivity contribution in [3.8, 4) is 0 Å². The van der Waals surface area contributed by atoms with Gasteiger partial charge in [-0.3, -0.25) is 0 Å². The molecule has 0 saturated heterocycles. The summed E-state index contributed by atoms with van der Waals surface area (Å²) in [4.78, 5) is 4.44. The van der Waals surface area contributed by atoms with Crippen LogP contribution in [0.5, 0.6) is 0 Å². The van der Waals surface area contributed by atoms with E-state index in [4.69, 9.17) is 9.47 Å². The van der Waals surface area contributed by atoms with Crippen LogP contribution in [0.1, 0.15) is 39.2 Å². The summed E-state index contributed by atoms with van der Waals surface area (Å²) in [7, 11) is 1.69. The second-order valence-corrected chi connectivity index (χ2v) is 5.92. The zero-order valence-electron chi connectivity index (χ0n) is 13.2. The van der Waals surface area contributed by atoms with Crippen molar-refractivity contribution in [2.24, 2.45) is 0 Å². The minimum atomic E-state index is 0.158. The molecule has 0 aliphatic heterocycles. The Bertz CT molecular complexity index is 358. The van der Waals surface area contributed by atoms with E-state index in [0.717, 1.165) is 31.8 Å². The highest BCUT2D eigenvalue weighted by atomic mass is 16.5. The average molecular weight is 280 g/mol. The lowest BCUT2D eigenvalue weighted by atomic mass is 9.88. The predicted octanol–water partition coefficient (Wildman–Crippen LogP) is 3.23. The van der Waals surface area contributed by atoms with Gasteiger partial charge in [-0.25, -0.2) is 4.98 Å². The fourth-order valence-electron chi connectivity index (χ4n) is 1.73. The molecule has 1 aromatic rings. The summed E-state index contributed by atoms with van der Waals surface area (Å²) < 4.78 is 10.3. The summed E-state index contributed by atoms with van der Waals surface area (Å²) in [5.41, 5.74) is 1.42. The molecule has 0 radical (unpaired) electrons. The summed E-state index contributed by atoms with van der Waals surface area (Å²) in [6, 6.07) is 4.19. The Morgan fingerprint density at radius 2 is 1.90 bits per heavy atom. The highest BCUT2D eigenvalue weighted by molar-refractivity contribution is 5.36. The highest BCUT2D eigenvalue weighted by Gasteiger charge is 2.13. The van der Waals surface area contributed by atoms with Gasteiger partial charge in [-0.15, -0.1) is 0 Å². The Hall–Kier alpha value is -1.13. The number of ether oxygens (including phenoxy) is 2. The molecule has 4 nitrogen and oxygen atoms in total. The molecule has 0 aliphatic rings. The topological polar surface area (TPSA) is 43.4 Å². The van der Waals surface area contributed by atoms with Crippen LogP contribution in [0, 0.1) is 0 Å². The van der Waals surface area contributed by atoms with Crippen molar-refractivity contribution in [2.75, 3.05) is 38.8 Å². The zero-order chi connectivity index (χ0) is 14.8.